The highest BCUT2D eigenvalue weighted by Gasteiger charge is 2.34. The number of carbonyl (C=O) groups is 2. The summed E-state index contributed by atoms with van der Waals surface area (Å²) in [5, 5.41) is 19.7. The number of aliphatic imine (C=N–C) groups is 1. The largest absolute Gasteiger partial charge is 0.506 e. The van der Waals surface area contributed by atoms with Gasteiger partial charge in [-0.05, 0) is 49.8 Å². The summed E-state index contributed by atoms with van der Waals surface area (Å²) in [4.78, 5) is 29.8. The number of thioether (sulfide) groups is 1. The van der Waals surface area contributed by atoms with Crippen LogP contribution in [0.15, 0.2) is 68.2 Å². The molecule has 0 unspecified atom stereocenters. The molecule has 3 rings (SSSR count). The van der Waals surface area contributed by atoms with E-state index in [1.807, 2.05) is 12.1 Å². The second kappa shape index (κ2) is 11.0. The van der Waals surface area contributed by atoms with Crippen molar-refractivity contribution in [3.05, 3.63) is 79.9 Å². The molecule has 0 saturated carbocycles. The third kappa shape index (κ3) is 5.72. The summed E-state index contributed by atoms with van der Waals surface area (Å²) in [6.07, 6.45) is 1.59. The summed E-state index contributed by atoms with van der Waals surface area (Å²) < 4.78 is 11.3. The number of ether oxygens (including phenoxy) is 2. The Balaban J connectivity index is 2.07. The molecule has 33 heavy (non-hydrogen) atoms. The van der Waals surface area contributed by atoms with Crippen LogP contribution in [0.5, 0.6) is 5.75 Å². The molecule has 168 valence electrons. The molecule has 0 fully saturated rings. The molecule has 1 aliphatic rings. The zero-order valence-electron chi connectivity index (χ0n) is 17.8. The average Bonchev–Trinajstić information content (AvgIpc) is 3.08. The van der Waals surface area contributed by atoms with Crippen LogP contribution in [0.1, 0.15) is 28.4 Å². The zero-order valence-corrected chi connectivity index (χ0v) is 20.2. The normalized spacial score (nSPS) is 15.6. The lowest BCUT2D eigenvalue weighted by molar-refractivity contribution is -0.138. The molecule has 1 aliphatic heterocycles. The number of aryl methyl sites for hydroxylation is 1. The molecule has 1 amide bonds. The molecular formula is C24H19BrN2O5S. The van der Waals surface area contributed by atoms with Gasteiger partial charge in [-0.2, -0.15) is 5.26 Å². The van der Waals surface area contributed by atoms with E-state index in [1.54, 1.807) is 56.3 Å². The number of nitrogens with zero attached hydrogens (tertiary/aromatic N) is 2. The van der Waals surface area contributed by atoms with E-state index >= 15 is 0 Å². The van der Waals surface area contributed by atoms with Gasteiger partial charge in [-0.25, -0.2) is 9.79 Å². The summed E-state index contributed by atoms with van der Waals surface area (Å²) in [5.74, 6) is -1.25. The molecule has 0 spiro atoms. The first-order valence-corrected chi connectivity index (χ1v) is 11.4. The van der Waals surface area contributed by atoms with Crippen LogP contribution in [0.4, 0.5) is 0 Å². The van der Waals surface area contributed by atoms with Crippen molar-refractivity contribution in [1.29, 1.82) is 5.26 Å². The molecule has 0 radical (unpaired) electrons. The number of carbonyl (C=O) groups excluding carboxylic acids is 2. The Hall–Kier alpha value is -3.35. The highest BCUT2D eigenvalue weighted by molar-refractivity contribution is 9.10. The van der Waals surface area contributed by atoms with Gasteiger partial charge in [0.1, 0.15) is 28.2 Å². The van der Waals surface area contributed by atoms with E-state index in [0.29, 0.717) is 16.9 Å². The van der Waals surface area contributed by atoms with Gasteiger partial charge in [-0.3, -0.25) is 4.79 Å². The number of hydrogen-bond acceptors (Lipinski definition) is 7. The van der Waals surface area contributed by atoms with Crippen molar-refractivity contribution in [2.45, 2.75) is 13.8 Å². The number of esters is 1. The Morgan fingerprint density at radius 1 is 1.27 bits per heavy atom. The van der Waals surface area contributed by atoms with Crippen LogP contribution in [0, 0.1) is 18.3 Å². The second-order valence-corrected chi connectivity index (χ2v) is 8.67. The number of aliphatic hydroxyl groups excluding tert-OH is 1. The Kier molecular flexibility index (Phi) is 8.09. The minimum Gasteiger partial charge on any atom is -0.506 e. The summed E-state index contributed by atoms with van der Waals surface area (Å²) >= 11 is 4.36. The molecule has 2 aromatic carbocycles. The Bertz CT molecular complexity index is 1240. The first kappa shape index (κ1) is 24.3. The molecule has 0 aromatic heterocycles. The van der Waals surface area contributed by atoms with Crippen molar-refractivity contribution in [2.75, 3.05) is 13.2 Å². The standard InChI is InChI=1S/C24H19BrN2O5S/c1-3-31-24(30)20-21(28)19(13-15-12-16(25)8-9-18(15)32-11-10-26)33-23(20)27-22(29)17-7-5-4-6-14(17)2/h4-9,12-13,28H,3,11H2,1-2H3/b19-13-,27-23?. The summed E-state index contributed by atoms with van der Waals surface area (Å²) in [6.45, 7) is 3.37. The highest BCUT2D eigenvalue weighted by Crippen LogP contribution is 2.40. The zero-order chi connectivity index (χ0) is 24.0. The Morgan fingerprint density at radius 3 is 2.73 bits per heavy atom. The van der Waals surface area contributed by atoms with Crippen LogP contribution in [0.2, 0.25) is 0 Å². The molecule has 9 heteroatoms. The van der Waals surface area contributed by atoms with Crippen molar-refractivity contribution in [2.24, 2.45) is 4.99 Å². The number of rotatable bonds is 6. The van der Waals surface area contributed by atoms with E-state index in [9.17, 15) is 14.7 Å². The molecule has 0 aliphatic carbocycles. The first-order chi connectivity index (χ1) is 15.8. The van der Waals surface area contributed by atoms with Crippen molar-refractivity contribution in [3.8, 4) is 11.8 Å². The minimum atomic E-state index is -0.780. The molecule has 1 heterocycles. The lowest BCUT2D eigenvalue weighted by Crippen LogP contribution is -2.14. The van der Waals surface area contributed by atoms with Crippen LogP contribution in [0.3, 0.4) is 0 Å². The molecule has 0 bridgehead atoms. The molecule has 1 N–H and O–H groups in total. The molecule has 7 nitrogen and oxygen atoms in total. The van der Waals surface area contributed by atoms with E-state index < -0.39 is 11.9 Å². The van der Waals surface area contributed by atoms with Gasteiger partial charge in [0.05, 0.1) is 11.5 Å². The number of hydrogen-bond donors (Lipinski definition) is 1. The predicted molar refractivity (Wildman–Crippen MR) is 130 cm³/mol. The maximum absolute atomic E-state index is 12.8. The van der Waals surface area contributed by atoms with E-state index in [1.165, 1.54) is 0 Å². The maximum Gasteiger partial charge on any atom is 0.344 e. The van der Waals surface area contributed by atoms with Crippen LogP contribution >= 0.6 is 27.7 Å². The fourth-order valence-corrected chi connectivity index (χ4v) is 4.35. The van der Waals surface area contributed by atoms with Crippen molar-refractivity contribution >= 4 is 50.7 Å². The molecular weight excluding hydrogens is 508 g/mol. The van der Waals surface area contributed by atoms with Crippen LogP contribution in [-0.4, -0.2) is 35.2 Å². The van der Waals surface area contributed by atoms with E-state index in [2.05, 4.69) is 20.9 Å². The van der Waals surface area contributed by atoms with Crippen molar-refractivity contribution in [3.63, 3.8) is 0 Å². The van der Waals surface area contributed by atoms with Crippen LogP contribution < -0.4 is 4.74 Å². The third-order valence-electron chi connectivity index (χ3n) is 4.50. The van der Waals surface area contributed by atoms with Gasteiger partial charge in [-0.1, -0.05) is 45.9 Å². The van der Waals surface area contributed by atoms with Gasteiger partial charge >= 0.3 is 5.97 Å². The molecule has 2 aromatic rings. The Morgan fingerprint density at radius 2 is 2.03 bits per heavy atom. The van der Waals surface area contributed by atoms with Crippen molar-refractivity contribution < 1.29 is 24.2 Å². The summed E-state index contributed by atoms with van der Waals surface area (Å²) in [6, 6.07) is 14.0. The monoisotopic (exact) mass is 526 g/mol. The quantitative estimate of drug-likeness (QED) is 0.504. The molecule has 0 atom stereocenters. The van der Waals surface area contributed by atoms with E-state index in [0.717, 1.165) is 21.8 Å². The number of amides is 1. The maximum atomic E-state index is 12.8. The highest BCUT2D eigenvalue weighted by atomic mass is 79.9. The second-order valence-electron chi connectivity index (χ2n) is 6.72. The van der Waals surface area contributed by atoms with Gasteiger partial charge in [0, 0.05) is 15.6 Å². The van der Waals surface area contributed by atoms with Gasteiger partial charge in [0.15, 0.2) is 6.61 Å². The SMILES string of the molecule is CCOC(=O)C1=C(O)/C(=C/c2cc(Br)ccc2OCC#N)SC1=NC(=O)c1ccccc1C. The topological polar surface area (TPSA) is 109 Å². The van der Waals surface area contributed by atoms with Crippen LogP contribution in [-0.2, 0) is 9.53 Å². The third-order valence-corrected chi connectivity index (χ3v) is 6.01. The smallest absolute Gasteiger partial charge is 0.344 e. The molecule has 0 saturated heterocycles. The van der Waals surface area contributed by atoms with Crippen LogP contribution in [0.25, 0.3) is 6.08 Å². The number of halogens is 1. The van der Waals surface area contributed by atoms with Gasteiger partial charge in [0.2, 0.25) is 0 Å². The van der Waals surface area contributed by atoms with E-state index in [-0.39, 0.29) is 34.5 Å². The fraction of sp³-hybridized carbons (Fsp3) is 0.167. The van der Waals surface area contributed by atoms with E-state index in [4.69, 9.17) is 14.7 Å². The average molecular weight is 527 g/mol. The number of aliphatic hydroxyl groups is 1. The number of nitriles is 1. The summed E-state index contributed by atoms with van der Waals surface area (Å²) in [7, 11) is 0. The van der Waals surface area contributed by atoms with Gasteiger partial charge in [0.25, 0.3) is 5.91 Å². The Labute approximate surface area is 203 Å². The van der Waals surface area contributed by atoms with Gasteiger partial charge in [-0.15, -0.1) is 0 Å². The first-order valence-electron chi connectivity index (χ1n) is 9.84. The fourth-order valence-electron chi connectivity index (χ4n) is 2.97. The predicted octanol–water partition coefficient (Wildman–Crippen LogP) is 5.36. The summed E-state index contributed by atoms with van der Waals surface area (Å²) in [5.41, 5.74) is 1.52. The minimum absolute atomic E-state index is 0.0416. The number of benzene rings is 2. The lowest BCUT2D eigenvalue weighted by Gasteiger charge is -2.07. The van der Waals surface area contributed by atoms with Crippen molar-refractivity contribution in [1.82, 2.24) is 0 Å². The lowest BCUT2D eigenvalue weighted by atomic mass is 10.1. The van der Waals surface area contributed by atoms with Gasteiger partial charge < -0.3 is 14.6 Å².